The van der Waals surface area contributed by atoms with Gasteiger partial charge in [-0.1, -0.05) is 18.5 Å². The van der Waals surface area contributed by atoms with Crippen molar-refractivity contribution in [1.82, 2.24) is 19.6 Å². The van der Waals surface area contributed by atoms with Crippen molar-refractivity contribution >= 4 is 34.2 Å². The number of halogens is 2. The Morgan fingerprint density at radius 1 is 1.50 bits per heavy atom. The first-order chi connectivity index (χ1) is 7.61. The predicted molar refractivity (Wildman–Crippen MR) is 71.6 cm³/mol. The first-order valence-electron chi connectivity index (χ1n) is 5.00. The second kappa shape index (κ2) is 4.75. The van der Waals surface area contributed by atoms with Crippen molar-refractivity contribution in [3.05, 3.63) is 32.4 Å². The molecule has 4 nitrogen and oxygen atoms in total. The second-order valence-electron chi connectivity index (χ2n) is 3.54. The SMILES string of the molecule is CCc1nn(C)c(Cn2cc(I)cn2)c1Cl. The highest BCUT2D eigenvalue weighted by Gasteiger charge is 2.13. The molecule has 86 valence electrons. The Kier molecular flexibility index (Phi) is 3.53. The van der Waals surface area contributed by atoms with E-state index in [9.17, 15) is 0 Å². The fraction of sp³-hybridized carbons (Fsp3) is 0.400. The maximum Gasteiger partial charge on any atom is 0.0869 e. The highest BCUT2D eigenvalue weighted by Crippen LogP contribution is 2.21. The molecule has 0 aliphatic heterocycles. The third kappa shape index (κ3) is 2.24. The van der Waals surface area contributed by atoms with Crippen LogP contribution in [0.4, 0.5) is 0 Å². The molecule has 0 aromatic carbocycles. The fourth-order valence-corrected chi connectivity index (χ4v) is 2.37. The van der Waals surface area contributed by atoms with Gasteiger partial charge in [0.15, 0.2) is 0 Å². The lowest BCUT2D eigenvalue weighted by molar-refractivity contribution is 0.617. The second-order valence-corrected chi connectivity index (χ2v) is 5.16. The summed E-state index contributed by atoms with van der Waals surface area (Å²) in [6, 6.07) is 0. The van der Waals surface area contributed by atoms with Crippen LogP contribution in [0.5, 0.6) is 0 Å². The van der Waals surface area contributed by atoms with Crippen molar-refractivity contribution in [3.8, 4) is 0 Å². The number of hydrogen-bond acceptors (Lipinski definition) is 2. The molecular formula is C10H12ClIN4. The standard InChI is InChI=1S/C10H12ClIN4/c1-3-8-10(11)9(15(2)14-8)6-16-5-7(12)4-13-16/h4-5H,3,6H2,1-2H3. The van der Waals surface area contributed by atoms with Gasteiger partial charge in [-0.15, -0.1) is 0 Å². The molecule has 0 spiro atoms. The highest BCUT2D eigenvalue weighted by molar-refractivity contribution is 14.1. The number of hydrogen-bond donors (Lipinski definition) is 0. The van der Waals surface area contributed by atoms with E-state index in [1.807, 2.05) is 28.8 Å². The minimum Gasteiger partial charge on any atom is -0.269 e. The molecule has 0 atom stereocenters. The zero-order valence-electron chi connectivity index (χ0n) is 9.11. The van der Waals surface area contributed by atoms with Crippen LogP contribution in [0.1, 0.15) is 18.3 Å². The molecule has 0 saturated carbocycles. The summed E-state index contributed by atoms with van der Waals surface area (Å²) in [7, 11) is 1.91. The van der Waals surface area contributed by atoms with Crippen molar-refractivity contribution in [2.24, 2.45) is 7.05 Å². The van der Waals surface area contributed by atoms with Crippen molar-refractivity contribution in [3.63, 3.8) is 0 Å². The van der Waals surface area contributed by atoms with Crippen molar-refractivity contribution < 1.29 is 0 Å². The Morgan fingerprint density at radius 3 is 2.75 bits per heavy atom. The van der Waals surface area contributed by atoms with Crippen LogP contribution in [-0.4, -0.2) is 19.6 Å². The van der Waals surface area contributed by atoms with Gasteiger partial charge in [0.1, 0.15) is 0 Å². The third-order valence-electron chi connectivity index (χ3n) is 2.42. The molecule has 6 heteroatoms. The number of aryl methyl sites for hydroxylation is 2. The van der Waals surface area contributed by atoms with Gasteiger partial charge in [-0.05, 0) is 29.0 Å². The maximum atomic E-state index is 6.26. The fourth-order valence-electron chi connectivity index (χ4n) is 1.57. The molecule has 0 bridgehead atoms. The molecule has 2 aromatic heterocycles. The molecule has 2 aromatic rings. The van der Waals surface area contributed by atoms with Gasteiger partial charge in [-0.3, -0.25) is 9.36 Å². The average molecular weight is 351 g/mol. The molecule has 0 amide bonds. The first-order valence-corrected chi connectivity index (χ1v) is 6.45. The van der Waals surface area contributed by atoms with E-state index in [1.165, 1.54) is 0 Å². The Bertz CT molecular complexity index is 503. The van der Waals surface area contributed by atoms with Crippen LogP contribution in [-0.2, 0) is 20.0 Å². The van der Waals surface area contributed by atoms with Crippen molar-refractivity contribution in [1.29, 1.82) is 0 Å². The van der Waals surface area contributed by atoms with Crippen LogP contribution in [0.2, 0.25) is 5.02 Å². The lowest BCUT2D eigenvalue weighted by Crippen LogP contribution is -2.06. The van der Waals surface area contributed by atoms with Crippen molar-refractivity contribution in [2.45, 2.75) is 19.9 Å². The van der Waals surface area contributed by atoms with Gasteiger partial charge >= 0.3 is 0 Å². The van der Waals surface area contributed by atoms with E-state index in [1.54, 1.807) is 0 Å². The normalized spacial score (nSPS) is 11.0. The van der Waals surface area contributed by atoms with Gasteiger partial charge in [-0.2, -0.15) is 10.2 Å². The van der Waals surface area contributed by atoms with E-state index in [2.05, 4.69) is 39.7 Å². The molecule has 2 rings (SSSR count). The molecule has 0 saturated heterocycles. The van der Waals surface area contributed by atoms with Crippen LogP contribution in [0, 0.1) is 3.57 Å². The first kappa shape index (κ1) is 11.9. The summed E-state index contributed by atoms with van der Waals surface area (Å²) in [5.41, 5.74) is 1.94. The zero-order chi connectivity index (χ0) is 11.7. The van der Waals surface area contributed by atoms with Crippen LogP contribution in [0.25, 0.3) is 0 Å². The van der Waals surface area contributed by atoms with Gasteiger partial charge in [-0.25, -0.2) is 0 Å². The van der Waals surface area contributed by atoms with Crippen LogP contribution >= 0.6 is 34.2 Å². The number of aromatic nitrogens is 4. The molecule has 0 unspecified atom stereocenters. The van der Waals surface area contributed by atoms with E-state index in [-0.39, 0.29) is 0 Å². The Morgan fingerprint density at radius 2 is 2.25 bits per heavy atom. The smallest absolute Gasteiger partial charge is 0.0869 e. The van der Waals surface area contributed by atoms with Crippen LogP contribution < -0.4 is 0 Å². The highest BCUT2D eigenvalue weighted by atomic mass is 127. The summed E-state index contributed by atoms with van der Waals surface area (Å²) < 4.78 is 4.81. The zero-order valence-corrected chi connectivity index (χ0v) is 12.0. The van der Waals surface area contributed by atoms with E-state index in [0.29, 0.717) is 6.54 Å². The van der Waals surface area contributed by atoms with E-state index in [4.69, 9.17) is 11.6 Å². The molecule has 2 heterocycles. The van der Waals surface area contributed by atoms with E-state index in [0.717, 1.165) is 26.4 Å². The predicted octanol–water partition coefficient (Wildman–Crippen LogP) is 2.49. The Labute approximate surface area is 113 Å². The lowest BCUT2D eigenvalue weighted by Gasteiger charge is -2.02. The lowest BCUT2D eigenvalue weighted by atomic mass is 10.3. The van der Waals surface area contributed by atoms with Gasteiger partial charge in [0, 0.05) is 13.2 Å². The van der Waals surface area contributed by atoms with Gasteiger partial charge < -0.3 is 0 Å². The Balaban J connectivity index is 2.30. The number of nitrogens with zero attached hydrogens (tertiary/aromatic N) is 4. The molecular weight excluding hydrogens is 338 g/mol. The minimum atomic E-state index is 0.658. The van der Waals surface area contributed by atoms with Gasteiger partial charge in [0.25, 0.3) is 0 Å². The molecule has 0 fully saturated rings. The summed E-state index contributed by atoms with van der Waals surface area (Å²) >= 11 is 8.49. The monoisotopic (exact) mass is 350 g/mol. The quantitative estimate of drug-likeness (QED) is 0.797. The molecule has 0 radical (unpaired) electrons. The summed E-state index contributed by atoms with van der Waals surface area (Å²) in [5.74, 6) is 0. The molecule has 0 aliphatic carbocycles. The van der Waals surface area contributed by atoms with E-state index >= 15 is 0 Å². The third-order valence-corrected chi connectivity index (χ3v) is 3.41. The largest absolute Gasteiger partial charge is 0.269 e. The van der Waals surface area contributed by atoms with Crippen LogP contribution in [0.3, 0.4) is 0 Å². The molecule has 16 heavy (non-hydrogen) atoms. The minimum absolute atomic E-state index is 0.658. The Hall–Kier alpha value is -0.560. The maximum absolute atomic E-state index is 6.26. The summed E-state index contributed by atoms with van der Waals surface area (Å²) in [4.78, 5) is 0. The number of rotatable bonds is 3. The van der Waals surface area contributed by atoms with Gasteiger partial charge in [0.2, 0.25) is 0 Å². The molecule has 0 N–H and O–H groups in total. The summed E-state index contributed by atoms with van der Waals surface area (Å²) in [6.45, 7) is 2.71. The van der Waals surface area contributed by atoms with Crippen molar-refractivity contribution in [2.75, 3.05) is 0 Å². The molecule has 0 aliphatic rings. The summed E-state index contributed by atoms with van der Waals surface area (Å²) in [6.07, 6.45) is 4.66. The average Bonchev–Trinajstić information content (AvgIpc) is 2.77. The van der Waals surface area contributed by atoms with Crippen LogP contribution in [0.15, 0.2) is 12.4 Å². The van der Waals surface area contributed by atoms with E-state index < -0.39 is 0 Å². The summed E-state index contributed by atoms with van der Waals surface area (Å²) in [5, 5.41) is 9.37. The van der Waals surface area contributed by atoms with Gasteiger partial charge in [0.05, 0.1) is 32.7 Å². The topological polar surface area (TPSA) is 35.6 Å².